The van der Waals surface area contributed by atoms with Crippen molar-refractivity contribution in [1.29, 1.82) is 0 Å². The number of hydrogen-bond donors (Lipinski definition) is 2. The highest BCUT2D eigenvalue weighted by Gasteiger charge is 2.12. The summed E-state index contributed by atoms with van der Waals surface area (Å²) < 4.78 is 1.03. The maximum atomic E-state index is 12.0. The largest absolute Gasteiger partial charge is 0.324 e. The van der Waals surface area contributed by atoms with Gasteiger partial charge in [0.25, 0.3) is 0 Å². The van der Waals surface area contributed by atoms with E-state index >= 15 is 0 Å². The number of nitrogens with one attached hydrogen (secondary N) is 2. The number of halogens is 2. The Balaban J connectivity index is 1.79. The summed E-state index contributed by atoms with van der Waals surface area (Å²) in [5.41, 5.74) is 0.622. The number of fused-ring (bicyclic) bond motifs is 1. The van der Waals surface area contributed by atoms with Gasteiger partial charge in [-0.05, 0) is 24.3 Å². The highest BCUT2D eigenvalue weighted by atomic mass is 35.5. The highest BCUT2D eigenvalue weighted by molar-refractivity contribution is 7.23. The molecule has 2 aromatic carbocycles. The summed E-state index contributed by atoms with van der Waals surface area (Å²) in [6.07, 6.45) is 0. The van der Waals surface area contributed by atoms with Crippen molar-refractivity contribution in [2.45, 2.75) is 0 Å². The van der Waals surface area contributed by atoms with Crippen molar-refractivity contribution in [3.05, 3.63) is 58.6 Å². The Morgan fingerprint density at radius 2 is 1.81 bits per heavy atom. The highest BCUT2D eigenvalue weighted by Crippen LogP contribution is 2.39. The molecule has 0 radical (unpaired) electrons. The average molecular weight is 337 g/mol. The van der Waals surface area contributed by atoms with Crippen molar-refractivity contribution in [3.8, 4) is 0 Å². The summed E-state index contributed by atoms with van der Waals surface area (Å²) in [7, 11) is 0. The topological polar surface area (TPSA) is 41.1 Å². The van der Waals surface area contributed by atoms with E-state index in [9.17, 15) is 4.79 Å². The molecule has 1 aromatic heterocycles. The van der Waals surface area contributed by atoms with Crippen LogP contribution in [-0.2, 0) is 0 Å². The predicted octanol–water partition coefficient (Wildman–Crippen LogP) is 5.85. The van der Waals surface area contributed by atoms with Crippen LogP contribution in [0.2, 0.25) is 10.0 Å². The minimum absolute atomic E-state index is 0.356. The van der Waals surface area contributed by atoms with Crippen LogP contribution in [0.5, 0.6) is 0 Å². The van der Waals surface area contributed by atoms with Crippen LogP contribution in [0.25, 0.3) is 10.1 Å². The van der Waals surface area contributed by atoms with Gasteiger partial charge in [0.1, 0.15) is 5.00 Å². The van der Waals surface area contributed by atoms with Gasteiger partial charge in [-0.2, -0.15) is 0 Å². The minimum Gasteiger partial charge on any atom is -0.308 e. The average Bonchev–Trinajstić information content (AvgIpc) is 2.76. The van der Waals surface area contributed by atoms with Gasteiger partial charge in [-0.15, -0.1) is 11.3 Å². The molecule has 0 saturated heterocycles. The monoisotopic (exact) mass is 336 g/mol. The molecule has 0 spiro atoms. The first kappa shape index (κ1) is 14.2. The van der Waals surface area contributed by atoms with Crippen LogP contribution >= 0.6 is 34.5 Å². The van der Waals surface area contributed by atoms with Gasteiger partial charge in [0.2, 0.25) is 0 Å². The number of thiophene rings is 1. The van der Waals surface area contributed by atoms with Crippen molar-refractivity contribution in [2.24, 2.45) is 0 Å². The number of carbonyl (C=O) groups excluding carboxylic acids is 1. The fourth-order valence-corrected chi connectivity index (χ4v) is 3.49. The maximum Gasteiger partial charge on any atom is 0.324 e. The predicted molar refractivity (Wildman–Crippen MR) is 90.9 cm³/mol. The van der Waals surface area contributed by atoms with Gasteiger partial charge in [0.15, 0.2) is 0 Å². The number of rotatable bonds is 2. The van der Waals surface area contributed by atoms with Crippen LogP contribution in [0.15, 0.2) is 48.5 Å². The lowest BCUT2D eigenvalue weighted by Gasteiger charge is -2.06. The van der Waals surface area contributed by atoms with Crippen molar-refractivity contribution in [2.75, 3.05) is 10.6 Å². The van der Waals surface area contributed by atoms with Gasteiger partial charge < -0.3 is 5.32 Å². The summed E-state index contributed by atoms with van der Waals surface area (Å²) >= 11 is 13.6. The zero-order valence-corrected chi connectivity index (χ0v) is 13.0. The molecule has 0 atom stereocenters. The molecule has 3 nitrogen and oxygen atoms in total. The van der Waals surface area contributed by atoms with Crippen LogP contribution < -0.4 is 10.6 Å². The third-order valence-corrected chi connectivity index (χ3v) is 4.67. The normalized spacial score (nSPS) is 10.6. The number of anilines is 2. The molecule has 2 N–H and O–H groups in total. The molecule has 0 bridgehead atoms. The summed E-state index contributed by atoms with van der Waals surface area (Å²) in [5, 5.41) is 8.15. The fourth-order valence-electron chi connectivity index (χ4n) is 1.93. The standard InChI is InChI=1S/C15H10Cl2N2OS/c16-9-4-3-5-10(8-9)18-15(20)19-14-13(17)11-6-1-2-7-12(11)21-14/h1-8H,(H2,18,19,20). The first-order valence-electron chi connectivity index (χ1n) is 6.14. The maximum absolute atomic E-state index is 12.0. The molecule has 1 heterocycles. The Bertz CT molecular complexity index is 816. The summed E-state index contributed by atoms with van der Waals surface area (Å²) in [5.74, 6) is 0. The van der Waals surface area contributed by atoms with Crippen LogP contribution in [0.4, 0.5) is 15.5 Å². The van der Waals surface area contributed by atoms with Crippen LogP contribution in [0.1, 0.15) is 0 Å². The van der Waals surface area contributed by atoms with Gasteiger partial charge >= 0.3 is 6.03 Å². The lowest BCUT2D eigenvalue weighted by Crippen LogP contribution is -2.18. The molecule has 0 aliphatic heterocycles. The lowest BCUT2D eigenvalue weighted by molar-refractivity contribution is 0.262. The van der Waals surface area contributed by atoms with E-state index in [1.54, 1.807) is 24.3 Å². The fraction of sp³-hybridized carbons (Fsp3) is 0. The second-order valence-electron chi connectivity index (χ2n) is 4.33. The van der Waals surface area contributed by atoms with E-state index in [1.807, 2.05) is 24.3 Å². The van der Waals surface area contributed by atoms with E-state index in [-0.39, 0.29) is 6.03 Å². The van der Waals surface area contributed by atoms with Crippen molar-refractivity contribution in [1.82, 2.24) is 0 Å². The molecule has 0 fully saturated rings. The molecule has 21 heavy (non-hydrogen) atoms. The van der Waals surface area contributed by atoms with E-state index in [4.69, 9.17) is 23.2 Å². The molecule has 3 aromatic rings. The molecule has 106 valence electrons. The molecule has 0 aliphatic carbocycles. The number of benzene rings is 2. The number of carbonyl (C=O) groups is 1. The molecule has 0 unspecified atom stereocenters. The molecule has 0 aliphatic rings. The van der Waals surface area contributed by atoms with Crippen LogP contribution in [0, 0.1) is 0 Å². The molecule has 0 saturated carbocycles. The van der Waals surface area contributed by atoms with Gasteiger partial charge in [-0.3, -0.25) is 5.32 Å². The Kier molecular flexibility index (Phi) is 4.01. The smallest absolute Gasteiger partial charge is 0.308 e. The molecular weight excluding hydrogens is 327 g/mol. The number of amides is 2. The summed E-state index contributed by atoms with van der Waals surface area (Å²) in [6.45, 7) is 0. The minimum atomic E-state index is -0.356. The Morgan fingerprint density at radius 1 is 1.00 bits per heavy atom. The van der Waals surface area contributed by atoms with Gasteiger partial charge in [0.05, 0.1) is 5.02 Å². The quantitative estimate of drug-likeness (QED) is 0.605. The molecule has 6 heteroatoms. The zero-order valence-electron chi connectivity index (χ0n) is 10.7. The van der Waals surface area contributed by atoms with Gasteiger partial charge in [0, 0.05) is 20.8 Å². The van der Waals surface area contributed by atoms with Crippen molar-refractivity contribution < 1.29 is 4.79 Å². The molecular formula is C15H10Cl2N2OS. The van der Waals surface area contributed by atoms with Gasteiger partial charge in [-0.25, -0.2) is 4.79 Å². The van der Waals surface area contributed by atoms with Crippen LogP contribution in [0.3, 0.4) is 0 Å². The second kappa shape index (κ2) is 5.93. The Hall–Kier alpha value is -1.75. The van der Waals surface area contributed by atoms with E-state index in [1.165, 1.54) is 11.3 Å². The van der Waals surface area contributed by atoms with E-state index in [0.29, 0.717) is 20.7 Å². The third-order valence-electron chi connectivity index (χ3n) is 2.84. The van der Waals surface area contributed by atoms with Crippen molar-refractivity contribution in [3.63, 3.8) is 0 Å². The van der Waals surface area contributed by atoms with E-state index in [2.05, 4.69) is 10.6 Å². The van der Waals surface area contributed by atoms with E-state index in [0.717, 1.165) is 10.1 Å². The first-order valence-corrected chi connectivity index (χ1v) is 7.71. The number of urea groups is 1. The third kappa shape index (κ3) is 3.13. The summed E-state index contributed by atoms with van der Waals surface area (Å²) in [6, 6.07) is 14.3. The molecule has 3 rings (SSSR count). The second-order valence-corrected chi connectivity index (χ2v) is 6.20. The van der Waals surface area contributed by atoms with Gasteiger partial charge in [-0.1, -0.05) is 47.5 Å². The van der Waals surface area contributed by atoms with Crippen LogP contribution in [-0.4, -0.2) is 6.03 Å². The number of hydrogen-bond acceptors (Lipinski definition) is 2. The van der Waals surface area contributed by atoms with E-state index < -0.39 is 0 Å². The lowest BCUT2D eigenvalue weighted by atomic mass is 10.3. The zero-order chi connectivity index (χ0) is 14.8. The SMILES string of the molecule is O=C(Nc1cccc(Cl)c1)Nc1sc2ccccc2c1Cl. The Labute approximate surface area is 135 Å². The first-order chi connectivity index (χ1) is 10.1. The van der Waals surface area contributed by atoms with Crippen molar-refractivity contribution >= 4 is 61.3 Å². The molecule has 2 amide bonds. The Morgan fingerprint density at radius 3 is 2.57 bits per heavy atom. The summed E-state index contributed by atoms with van der Waals surface area (Å²) in [4.78, 5) is 12.0.